The van der Waals surface area contributed by atoms with E-state index in [4.69, 9.17) is 25.8 Å². The first-order valence-electron chi connectivity index (χ1n) is 10.4. The second-order valence-electron chi connectivity index (χ2n) is 7.61. The van der Waals surface area contributed by atoms with Crippen molar-refractivity contribution in [3.63, 3.8) is 0 Å². The van der Waals surface area contributed by atoms with Crippen LogP contribution < -0.4 is 19.1 Å². The average molecular weight is 498 g/mol. The van der Waals surface area contributed by atoms with E-state index in [0.717, 1.165) is 0 Å². The molecule has 0 spiro atoms. The third-order valence-electron chi connectivity index (χ3n) is 5.71. The molecule has 180 valence electrons. The Bertz CT molecular complexity index is 1320. The van der Waals surface area contributed by atoms with E-state index in [1.165, 1.54) is 62.6 Å². The topological polar surface area (TPSA) is 85.3 Å². The number of aliphatic hydroxyl groups is 1. The first-order chi connectivity index (χ1) is 16.8. The van der Waals surface area contributed by atoms with Gasteiger partial charge in [0.1, 0.15) is 28.8 Å². The molecule has 1 aliphatic rings. The molecule has 0 bridgehead atoms. The molecule has 1 saturated heterocycles. The molecular weight excluding hydrogens is 477 g/mol. The van der Waals surface area contributed by atoms with E-state index in [0.29, 0.717) is 22.7 Å². The molecule has 9 heteroatoms. The number of halogens is 2. The van der Waals surface area contributed by atoms with E-state index < -0.39 is 29.3 Å². The molecular formula is C26H21ClFNO6. The van der Waals surface area contributed by atoms with Crippen LogP contribution in [-0.4, -0.2) is 38.1 Å². The van der Waals surface area contributed by atoms with Gasteiger partial charge in [-0.3, -0.25) is 14.5 Å². The van der Waals surface area contributed by atoms with E-state index in [-0.39, 0.29) is 21.9 Å². The molecule has 3 aromatic rings. The summed E-state index contributed by atoms with van der Waals surface area (Å²) in [4.78, 5) is 27.8. The van der Waals surface area contributed by atoms with Crippen LogP contribution in [-0.2, 0) is 9.59 Å². The second-order valence-corrected chi connectivity index (χ2v) is 8.01. The Kier molecular flexibility index (Phi) is 6.66. The lowest BCUT2D eigenvalue weighted by molar-refractivity contribution is -0.132. The first kappa shape index (κ1) is 24.1. The zero-order valence-corrected chi connectivity index (χ0v) is 19.8. The Balaban J connectivity index is 1.96. The highest BCUT2D eigenvalue weighted by Gasteiger charge is 2.47. The molecule has 1 N–H and O–H groups in total. The number of ether oxygens (including phenoxy) is 3. The van der Waals surface area contributed by atoms with E-state index in [1.54, 1.807) is 24.3 Å². The Hall–Kier alpha value is -4.04. The van der Waals surface area contributed by atoms with E-state index in [1.807, 2.05) is 0 Å². The number of anilines is 1. The molecule has 1 amide bonds. The smallest absolute Gasteiger partial charge is 0.300 e. The minimum Gasteiger partial charge on any atom is -0.507 e. The minimum atomic E-state index is -1.05. The number of hydrogen-bond donors (Lipinski definition) is 1. The summed E-state index contributed by atoms with van der Waals surface area (Å²) in [7, 11) is 4.31. The molecule has 1 aliphatic heterocycles. The van der Waals surface area contributed by atoms with Gasteiger partial charge in [0.25, 0.3) is 11.7 Å². The molecule has 1 unspecified atom stereocenters. The largest absolute Gasteiger partial charge is 0.507 e. The standard InChI is InChI=1S/C26H21ClFNO6/c1-33-17-10-8-16(9-11-17)29-23(14-4-6-15(28)7-5-14)22(25(31)26(29)32)24(30)18-12-19(27)21(35-3)13-20(18)34-2/h4-13,23,30H,1-3H3/b24-22+. The highest BCUT2D eigenvalue weighted by molar-refractivity contribution is 6.51. The van der Waals surface area contributed by atoms with Crippen LogP contribution in [0, 0.1) is 5.82 Å². The van der Waals surface area contributed by atoms with Crippen molar-refractivity contribution in [1.82, 2.24) is 0 Å². The lowest BCUT2D eigenvalue weighted by atomic mass is 9.94. The van der Waals surface area contributed by atoms with Crippen LogP contribution >= 0.6 is 11.6 Å². The summed E-state index contributed by atoms with van der Waals surface area (Å²) < 4.78 is 29.4. The van der Waals surface area contributed by atoms with E-state index in [2.05, 4.69) is 0 Å². The summed E-state index contributed by atoms with van der Waals surface area (Å²) in [5.74, 6) is -1.72. The van der Waals surface area contributed by atoms with Crippen LogP contribution in [0.4, 0.5) is 10.1 Å². The number of nitrogens with zero attached hydrogens (tertiary/aromatic N) is 1. The van der Waals surface area contributed by atoms with Crippen molar-refractivity contribution in [3.8, 4) is 17.2 Å². The van der Waals surface area contributed by atoms with Gasteiger partial charge in [-0.1, -0.05) is 23.7 Å². The van der Waals surface area contributed by atoms with Crippen molar-refractivity contribution in [2.75, 3.05) is 26.2 Å². The van der Waals surface area contributed by atoms with Crippen LogP contribution in [0.2, 0.25) is 5.02 Å². The number of ketones is 1. The molecule has 1 heterocycles. The molecule has 7 nitrogen and oxygen atoms in total. The van der Waals surface area contributed by atoms with Gasteiger partial charge in [-0.15, -0.1) is 0 Å². The van der Waals surface area contributed by atoms with E-state index in [9.17, 15) is 19.1 Å². The monoisotopic (exact) mass is 497 g/mol. The third-order valence-corrected chi connectivity index (χ3v) is 6.01. The van der Waals surface area contributed by atoms with Crippen molar-refractivity contribution in [3.05, 3.63) is 88.2 Å². The lowest BCUT2D eigenvalue weighted by Gasteiger charge is -2.25. The number of hydrogen-bond acceptors (Lipinski definition) is 6. The maximum absolute atomic E-state index is 13.7. The highest BCUT2D eigenvalue weighted by atomic mass is 35.5. The zero-order chi connectivity index (χ0) is 25.3. The Morgan fingerprint density at radius 1 is 0.914 bits per heavy atom. The molecule has 4 rings (SSSR count). The Morgan fingerprint density at radius 2 is 1.54 bits per heavy atom. The predicted octanol–water partition coefficient (Wildman–Crippen LogP) is 5.13. The third kappa shape index (κ3) is 4.28. The molecule has 1 fully saturated rings. The fourth-order valence-electron chi connectivity index (χ4n) is 3.99. The number of rotatable bonds is 6. The fraction of sp³-hybridized carbons (Fsp3) is 0.154. The van der Waals surface area contributed by atoms with Gasteiger partial charge in [-0.05, 0) is 48.0 Å². The van der Waals surface area contributed by atoms with Gasteiger partial charge in [0.15, 0.2) is 0 Å². The number of Topliss-reactive ketones (excluding diaryl/α,β-unsaturated/α-hetero) is 1. The van der Waals surface area contributed by atoms with Crippen molar-refractivity contribution in [2.45, 2.75) is 6.04 Å². The Morgan fingerprint density at radius 3 is 2.11 bits per heavy atom. The quantitative estimate of drug-likeness (QED) is 0.289. The summed E-state index contributed by atoms with van der Waals surface area (Å²) in [5, 5.41) is 11.5. The predicted molar refractivity (Wildman–Crippen MR) is 129 cm³/mol. The molecule has 0 saturated carbocycles. The molecule has 1 atom stereocenters. The average Bonchev–Trinajstić information content (AvgIpc) is 3.14. The van der Waals surface area contributed by atoms with Crippen molar-refractivity contribution in [1.29, 1.82) is 0 Å². The van der Waals surface area contributed by atoms with Gasteiger partial charge in [0.2, 0.25) is 0 Å². The van der Waals surface area contributed by atoms with Crippen LogP contribution in [0.5, 0.6) is 17.2 Å². The lowest BCUT2D eigenvalue weighted by Crippen LogP contribution is -2.29. The fourth-order valence-corrected chi connectivity index (χ4v) is 4.23. The SMILES string of the molecule is COc1ccc(N2C(=O)C(=O)/C(=C(/O)c3cc(Cl)c(OC)cc3OC)C2c2ccc(F)cc2)cc1. The summed E-state index contributed by atoms with van der Waals surface area (Å²) in [6.07, 6.45) is 0. The van der Waals surface area contributed by atoms with Gasteiger partial charge < -0.3 is 19.3 Å². The first-order valence-corrected chi connectivity index (χ1v) is 10.8. The number of benzene rings is 3. The molecule has 0 aliphatic carbocycles. The summed E-state index contributed by atoms with van der Waals surface area (Å²) in [5.41, 5.74) is 0.706. The second kappa shape index (κ2) is 9.68. The molecule has 0 aromatic heterocycles. The van der Waals surface area contributed by atoms with Crippen LogP contribution in [0.1, 0.15) is 17.2 Å². The zero-order valence-electron chi connectivity index (χ0n) is 19.0. The number of carbonyl (C=O) groups is 2. The number of aliphatic hydroxyl groups excluding tert-OH is 1. The van der Waals surface area contributed by atoms with Crippen molar-refractivity contribution >= 4 is 34.7 Å². The van der Waals surface area contributed by atoms with Gasteiger partial charge in [-0.2, -0.15) is 0 Å². The minimum absolute atomic E-state index is 0.0955. The number of carbonyl (C=O) groups excluding carboxylic acids is 2. The van der Waals surface area contributed by atoms with Crippen LogP contribution in [0.15, 0.2) is 66.2 Å². The van der Waals surface area contributed by atoms with Crippen molar-refractivity contribution in [2.24, 2.45) is 0 Å². The maximum Gasteiger partial charge on any atom is 0.300 e. The normalized spacial score (nSPS) is 16.9. The molecule has 35 heavy (non-hydrogen) atoms. The van der Waals surface area contributed by atoms with Crippen LogP contribution in [0.25, 0.3) is 5.76 Å². The summed E-state index contributed by atoms with van der Waals surface area (Å²) in [6, 6.07) is 13.7. The molecule has 0 radical (unpaired) electrons. The van der Waals surface area contributed by atoms with Gasteiger partial charge in [0.05, 0.1) is 43.5 Å². The Labute approximate surface area is 205 Å². The summed E-state index contributed by atoms with van der Waals surface area (Å²) >= 11 is 6.27. The van der Waals surface area contributed by atoms with Crippen molar-refractivity contribution < 1.29 is 33.3 Å². The van der Waals surface area contributed by atoms with Gasteiger partial charge in [-0.25, -0.2) is 4.39 Å². The maximum atomic E-state index is 13.7. The number of amides is 1. The van der Waals surface area contributed by atoms with Gasteiger partial charge in [0, 0.05) is 11.8 Å². The number of methoxy groups -OCH3 is 3. The highest BCUT2D eigenvalue weighted by Crippen LogP contribution is 2.44. The molecule has 3 aromatic carbocycles. The summed E-state index contributed by atoms with van der Waals surface area (Å²) in [6.45, 7) is 0. The van der Waals surface area contributed by atoms with E-state index >= 15 is 0 Å². The van der Waals surface area contributed by atoms with Crippen LogP contribution in [0.3, 0.4) is 0 Å². The van der Waals surface area contributed by atoms with Gasteiger partial charge >= 0.3 is 0 Å².